The van der Waals surface area contributed by atoms with Crippen molar-refractivity contribution in [1.82, 2.24) is 4.90 Å². The van der Waals surface area contributed by atoms with Crippen LogP contribution in [0.15, 0.2) is 48.2 Å². The zero-order valence-electron chi connectivity index (χ0n) is 12.8. The van der Waals surface area contributed by atoms with Crippen LogP contribution in [-0.4, -0.2) is 23.1 Å². The number of nitrogens with zero attached hydrogens (tertiary/aromatic N) is 1. The summed E-state index contributed by atoms with van der Waals surface area (Å²) in [7, 11) is 0. The van der Waals surface area contributed by atoms with Crippen LogP contribution in [-0.2, 0) is 11.3 Å². The maximum absolute atomic E-state index is 12.3. The van der Waals surface area contributed by atoms with E-state index < -0.39 is 5.60 Å². The molecule has 3 heteroatoms. The molecule has 1 rings (SSSR count). The maximum Gasteiger partial charge on any atom is 0.410 e. The van der Waals surface area contributed by atoms with E-state index in [1.165, 1.54) is 0 Å². The summed E-state index contributed by atoms with van der Waals surface area (Å²) in [4.78, 5) is 13.9. The highest BCUT2D eigenvalue weighted by atomic mass is 16.6. The molecule has 0 saturated carbocycles. The molecule has 0 heterocycles. The molecule has 0 atom stereocenters. The van der Waals surface area contributed by atoms with Crippen molar-refractivity contribution in [2.75, 3.05) is 6.54 Å². The molecule has 0 aromatic heterocycles. The van der Waals surface area contributed by atoms with Gasteiger partial charge in [0.25, 0.3) is 0 Å². The third-order valence-electron chi connectivity index (χ3n) is 2.60. The first kappa shape index (κ1) is 16.1. The molecule has 0 unspecified atom stereocenters. The summed E-state index contributed by atoms with van der Waals surface area (Å²) in [5, 5.41) is 0. The molecule has 0 aliphatic carbocycles. The Kier molecular flexibility index (Phi) is 5.60. The molecule has 1 aromatic carbocycles. The van der Waals surface area contributed by atoms with Crippen LogP contribution >= 0.6 is 0 Å². The Bertz CT molecular complexity index is 493. The van der Waals surface area contributed by atoms with Crippen molar-refractivity contribution in [3.05, 3.63) is 53.8 Å². The predicted octanol–water partition coefficient (Wildman–Crippen LogP) is 4.15. The zero-order valence-corrected chi connectivity index (χ0v) is 12.8. The van der Waals surface area contributed by atoms with E-state index in [0.717, 1.165) is 11.1 Å². The van der Waals surface area contributed by atoms with E-state index in [4.69, 9.17) is 4.74 Å². The summed E-state index contributed by atoms with van der Waals surface area (Å²) >= 11 is 0. The number of benzene rings is 1. The Morgan fingerprint density at radius 1 is 1.30 bits per heavy atom. The molecular formula is C17H23NO2. The first-order chi connectivity index (χ1) is 9.31. The molecule has 0 radical (unpaired) electrons. The number of hydrogen-bond donors (Lipinski definition) is 0. The Labute approximate surface area is 121 Å². The lowest BCUT2D eigenvalue weighted by Gasteiger charge is -2.27. The monoisotopic (exact) mass is 273 g/mol. The van der Waals surface area contributed by atoms with Gasteiger partial charge >= 0.3 is 6.09 Å². The molecule has 3 nitrogen and oxygen atoms in total. The second-order valence-electron chi connectivity index (χ2n) is 5.78. The van der Waals surface area contributed by atoms with Crippen LogP contribution in [0.2, 0.25) is 0 Å². The van der Waals surface area contributed by atoms with Crippen molar-refractivity contribution in [2.45, 2.75) is 39.8 Å². The lowest BCUT2D eigenvalue weighted by Crippen LogP contribution is -2.37. The summed E-state index contributed by atoms with van der Waals surface area (Å²) in [6.45, 7) is 12.1. The Balaban J connectivity index is 2.85. The number of carbonyl (C=O) groups excluding carboxylic acids is 1. The fraction of sp³-hybridized carbons (Fsp3) is 0.412. The van der Waals surface area contributed by atoms with Gasteiger partial charge < -0.3 is 4.74 Å². The van der Waals surface area contributed by atoms with E-state index in [1.54, 1.807) is 4.90 Å². The summed E-state index contributed by atoms with van der Waals surface area (Å²) in [5.41, 5.74) is 4.29. The highest BCUT2D eigenvalue weighted by molar-refractivity contribution is 5.68. The first-order valence-corrected chi connectivity index (χ1v) is 6.69. The lowest BCUT2D eigenvalue weighted by atomic mass is 10.2. The molecule has 0 bridgehead atoms. The minimum Gasteiger partial charge on any atom is -0.444 e. The number of rotatable bonds is 4. The highest BCUT2D eigenvalue weighted by Crippen LogP contribution is 2.13. The summed E-state index contributed by atoms with van der Waals surface area (Å²) < 4.78 is 5.44. The number of carbonyl (C=O) groups is 1. The van der Waals surface area contributed by atoms with Gasteiger partial charge in [-0.05, 0) is 38.8 Å². The first-order valence-electron chi connectivity index (χ1n) is 6.69. The molecule has 0 spiro atoms. The minimum absolute atomic E-state index is 0.323. The average molecular weight is 273 g/mol. The minimum atomic E-state index is -0.502. The summed E-state index contributed by atoms with van der Waals surface area (Å²) in [5.74, 6) is 0. The predicted molar refractivity (Wildman–Crippen MR) is 81.4 cm³/mol. The van der Waals surface area contributed by atoms with Gasteiger partial charge in [-0.25, -0.2) is 4.79 Å². The molecule has 0 aliphatic heterocycles. The molecule has 0 aliphatic rings. The highest BCUT2D eigenvalue weighted by Gasteiger charge is 2.22. The van der Waals surface area contributed by atoms with Crippen molar-refractivity contribution in [3.8, 4) is 0 Å². The molecular weight excluding hydrogens is 250 g/mol. The van der Waals surface area contributed by atoms with Crippen LogP contribution in [0, 0.1) is 0 Å². The van der Waals surface area contributed by atoms with Gasteiger partial charge in [0, 0.05) is 6.54 Å². The number of hydrogen-bond acceptors (Lipinski definition) is 2. The van der Waals surface area contributed by atoms with Crippen LogP contribution in [0.3, 0.4) is 0 Å². The van der Waals surface area contributed by atoms with Crippen LogP contribution in [0.4, 0.5) is 4.79 Å². The average Bonchev–Trinajstić information content (AvgIpc) is 2.37. The van der Waals surface area contributed by atoms with Crippen molar-refractivity contribution < 1.29 is 9.53 Å². The smallest absolute Gasteiger partial charge is 0.410 e. The summed E-state index contributed by atoms with van der Waals surface area (Å²) in [6, 6.07) is 9.85. The second kappa shape index (κ2) is 6.97. The molecule has 1 amide bonds. The maximum atomic E-state index is 12.3. The molecule has 0 N–H and O–H groups in total. The van der Waals surface area contributed by atoms with E-state index in [2.05, 4.69) is 12.3 Å². The molecule has 20 heavy (non-hydrogen) atoms. The standard InChI is InChI=1S/C17H23NO2/c1-6-14(2)12-18(16(19)20-17(3,4)5)13-15-10-8-7-9-11-15/h7-11H,1,12-13H2,2-5H3. The van der Waals surface area contributed by atoms with Gasteiger partial charge in [-0.1, -0.05) is 36.9 Å². The van der Waals surface area contributed by atoms with Gasteiger partial charge in [0.2, 0.25) is 0 Å². The second-order valence-corrected chi connectivity index (χ2v) is 5.78. The van der Waals surface area contributed by atoms with E-state index in [1.807, 2.05) is 58.0 Å². The Morgan fingerprint density at radius 3 is 2.40 bits per heavy atom. The zero-order chi connectivity index (χ0) is 15.2. The van der Waals surface area contributed by atoms with Crippen molar-refractivity contribution in [1.29, 1.82) is 0 Å². The SMILES string of the molecule is C=C=C(C)CN(Cc1ccccc1)C(=O)OC(C)(C)C. The van der Waals surface area contributed by atoms with Crippen LogP contribution in [0.5, 0.6) is 0 Å². The third-order valence-corrected chi connectivity index (χ3v) is 2.60. The normalized spacial score (nSPS) is 10.6. The molecule has 108 valence electrons. The van der Waals surface area contributed by atoms with Gasteiger partial charge in [-0.3, -0.25) is 4.90 Å². The fourth-order valence-corrected chi connectivity index (χ4v) is 1.66. The molecule has 0 saturated heterocycles. The van der Waals surface area contributed by atoms with Crippen molar-refractivity contribution in [3.63, 3.8) is 0 Å². The van der Waals surface area contributed by atoms with Gasteiger partial charge in [-0.2, -0.15) is 0 Å². The van der Waals surface area contributed by atoms with Gasteiger partial charge in [-0.15, -0.1) is 5.73 Å². The lowest BCUT2D eigenvalue weighted by molar-refractivity contribution is 0.0251. The van der Waals surface area contributed by atoms with Gasteiger partial charge in [0.15, 0.2) is 0 Å². The van der Waals surface area contributed by atoms with Crippen LogP contribution < -0.4 is 0 Å². The van der Waals surface area contributed by atoms with Crippen molar-refractivity contribution >= 4 is 6.09 Å². The fourth-order valence-electron chi connectivity index (χ4n) is 1.66. The largest absolute Gasteiger partial charge is 0.444 e. The topological polar surface area (TPSA) is 29.5 Å². The van der Waals surface area contributed by atoms with Crippen molar-refractivity contribution in [2.24, 2.45) is 0 Å². The van der Waals surface area contributed by atoms with E-state index >= 15 is 0 Å². The number of amides is 1. The summed E-state index contributed by atoms with van der Waals surface area (Å²) in [6.07, 6.45) is -0.323. The Hall–Kier alpha value is -1.99. The van der Waals surface area contributed by atoms with Gasteiger partial charge in [0.05, 0.1) is 6.54 Å². The Morgan fingerprint density at radius 2 is 1.90 bits per heavy atom. The molecule has 0 fully saturated rings. The van der Waals surface area contributed by atoms with E-state index in [0.29, 0.717) is 13.1 Å². The van der Waals surface area contributed by atoms with E-state index in [9.17, 15) is 4.79 Å². The van der Waals surface area contributed by atoms with Crippen LogP contribution in [0.1, 0.15) is 33.3 Å². The van der Waals surface area contributed by atoms with E-state index in [-0.39, 0.29) is 6.09 Å². The third kappa shape index (κ3) is 5.77. The van der Waals surface area contributed by atoms with Crippen LogP contribution in [0.25, 0.3) is 0 Å². The molecule has 1 aromatic rings. The number of ether oxygens (including phenoxy) is 1. The quantitative estimate of drug-likeness (QED) is 0.771. The van der Waals surface area contributed by atoms with Gasteiger partial charge in [0.1, 0.15) is 5.60 Å².